The van der Waals surface area contributed by atoms with Gasteiger partial charge in [-0.05, 0) is 168 Å². The van der Waals surface area contributed by atoms with Crippen LogP contribution in [-0.2, 0) is 0 Å². The van der Waals surface area contributed by atoms with E-state index in [4.69, 9.17) is 0 Å². The molecular formula is C78H52N2. The molecule has 374 valence electrons. The van der Waals surface area contributed by atoms with Crippen LogP contribution in [0.15, 0.2) is 315 Å². The Balaban J connectivity index is 0.677. The standard InChI is InChI=1S/C78H52N2/c1-3-14-53(15-4-1)56-36-42-69(43-37-56)79-75-26-9-7-24-71(75)73-51-67(40-46-77(73)79)68-41-47-78-74(52-68)72-25-8-10-27-76(72)80(78)70-44-38-57(39-45-70)55-28-30-58(31-29-55)63-20-12-22-65(49-63)66-23-13-21-64(50-66)60-34-32-59(33-35-60)62-19-11-18-61(48-62)54-16-5-2-6-17-54/h1-52H. The van der Waals surface area contributed by atoms with Gasteiger partial charge in [0.2, 0.25) is 0 Å². The third-order valence-electron chi connectivity index (χ3n) is 16.2. The van der Waals surface area contributed by atoms with Gasteiger partial charge >= 0.3 is 0 Å². The summed E-state index contributed by atoms with van der Waals surface area (Å²) in [7, 11) is 0. The van der Waals surface area contributed by atoms with Gasteiger partial charge in [-0.1, -0.05) is 237 Å². The maximum absolute atomic E-state index is 2.41. The molecule has 0 bridgehead atoms. The van der Waals surface area contributed by atoms with Crippen LogP contribution in [0.4, 0.5) is 0 Å². The summed E-state index contributed by atoms with van der Waals surface area (Å²) in [5, 5.41) is 4.97. The fourth-order valence-corrected chi connectivity index (χ4v) is 12.1. The lowest BCUT2D eigenvalue weighted by molar-refractivity contribution is 1.18. The van der Waals surface area contributed by atoms with Crippen LogP contribution >= 0.6 is 0 Å². The van der Waals surface area contributed by atoms with Gasteiger partial charge in [0.05, 0.1) is 22.1 Å². The molecule has 0 amide bonds. The molecule has 0 fully saturated rings. The minimum atomic E-state index is 1.14. The van der Waals surface area contributed by atoms with E-state index in [1.165, 1.54) is 133 Å². The highest BCUT2D eigenvalue weighted by Crippen LogP contribution is 2.40. The van der Waals surface area contributed by atoms with E-state index >= 15 is 0 Å². The highest BCUT2D eigenvalue weighted by molar-refractivity contribution is 6.13. The number of hydrogen-bond donors (Lipinski definition) is 0. The van der Waals surface area contributed by atoms with Crippen molar-refractivity contribution >= 4 is 43.6 Å². The lowest BCUT2D eigenvalue weighted by Gasteiger charge is -2.11. The summed E-state index contributed by atoms with van der Waals surface area (Å²) in [5.41, 5.74) is 26.3. The van der Waals surface area contributed by atoms with Crippen LogP contribution in [0, 0.1) is 0 Å². The minimum Gasteiger partial charge on any atom is -0.309 e. The Morgan fingerprint density at radius 1 is 0.138 bits per heavy atom. The molecule has 2 nitrogen and oxygen atoms in total. The zero-order chi connectivity index (χ0) is 52.9. The van der Waals surface area contributed by atoms with E-state index in [1.54, 1.807) is 0 Å². The molecule has 15 aromatic rings. The highest BCUT2D eigenvalue weighted by atomic mass is 15.0. The van der Waals surface area contributed by atoms with Crippen LogP contribution in [0.3, 0.4) is 0 Å². The second-order valence-corrected chi connectivity index (χ2v) is 20.9. The summed E-state index contributed by atoms with van der Waals surface area (Å²) < 4.78 is 4.81. The maximum Gasteiger partial charge on any atom is 0.0541 e. The van der Waals surface area contributed by atoms with E-state index in [9.17, 15) is 0 Å². The third-order valence-corrected chi connectivity index (χ3v) is 16.2. The first kappa shape index (κ1) is 46.7. The topological polar surface area (TPSA) is 9.86 Å². The van der Waals surface area contributed by atoms with Crippen LogP contribution in [0.5, 0.6) is 0 Å². The monoisotopic (exact) mass is 1020 g/mol. The molecule has 2 aromatic heterocycles. The van der Waals surface area contributed by atoms with Gasteiger partial charge in [0, 0.05) is 32.9 Å². The maximum atomic E-state index is 2.41. The minimum absolute atomic E-state index is 1.14. The van der Waals surface area contributed by atoms with Gasteiger partial charge in [-0.15, -0.1) is 0 Å². The Morgan fingerprint density at radius 2 is 0.362 bits per heavy atom. The Kier molecular flexibility index (Phi) is 11.6. The summed E-state index contributed by atoms with van der Waals surface area (Å²) in [6, 6.07) is 115. The van der Waals surface area contributed by atoms with E-state index < -0.39 is 0 Å². The van der Waals surface area contributed by atoms with Crippen molar-refractivity contribution in [3.8, 4) is 100 Å². The summed E-state index contributed by atoms with van der Waals surface area (Å²) in [6.07, 6.45) is 0. The first-order valence-corrected chi connectivity index (χ1v) is 27.5. The lowest BCUT2D eigenvalue weighted by atomic mass is 9.94. The number of benzene rings is 13. The molecule has 2 heterocycles. The van der Waals surface area contributed by atoms with Crippen molar-refractivity contribution < 1.29 is 0 Å². The zero-order valence-electron chi connectivity index (χ0n) is 43.9. The molecule has 0 aliphatic rings. The van der Waals surface area contributed by atoms with E-state index in [0.29, 0.717) is 0 Å². The Morgan fingerprint density at radius 3 is 0.725 bits per heavy atom. The molecule has 2 heteroatoms. The normalized spacial score (nSPS) is 11.5. The predicted octanol–water partition coefficient (Wildman–Crippen LogP) is 21.2. The molecule has 0 N–H and O–H groups in total. The van der Waals surface area contributed by atoms with E-state index in [1.807, 2.05) is 0 Å². The molecule has 0 radical (unpaired) electrons. The third kappa shape index (κ3) is 8.48. The summed E-state index contributed by atoms with van der Waals surface area (Å²) >= 11 is 0. The fourth-order valence-electron chi connectivity index (χ4n) is 12.1. The highest BCUT2D eigenvalue weighted by Gasteiger charge is 2.17. The van der Waals surface area contributed by atoms with E-state index in [0.717, 1.165) is 11.4 Å². The Bertz CT molecular complexity index is 4760. The quantitative estimate of drug-likeness (QED) is 0.129. The van der Waals surface area contributed by atoms with E-state index in [2.05, 4.69) is 325 Å². The largest absolute Gasteiger partial charge is 0.309 e. The van der Waals surface area contributed by atoms with Crippen LogP contribution in [-0.4, -0.2) is 9.13 Å². The zero-order valence-corrected chi connectivity index (χ0v) is 43.9. The van der Waals surface area contributed by atoms with Gasteiger partial charge in [0.25, 0.3) is 0 Å². The van der Waals surface area contributed by atoms with Crippen molar-refractivity contribution in [2.24, 2.45) is 0 Å². The summed E-state index contributed by atoms with van der Waals surface area (Å²) in [5.74, 6) is 0. The Hall–Kier alpha value is -10.5. The fraction of sp³-hybridized carbons (Fsp3) is 0. The van der Waals surface area contributed by atoms with Gasteiger partial charge in [-0.2, -0.15) is 0 Å². The summed E-state index contributed by atoms with van der Waals surface area (Å²) in [6.45, 7) is 0. The molecule has 0 atom stereocenters. The van der Waals surface area contributed by atoms with Crippen LogP contribution < -0.4 is 0 Å². The van der Waals surface area contributed by atoms with Gasteiger partial charge in [-0.25, -0.2) is 0 Å². The van der Waals surface area contributed by atoms with Crippen LogP contribution in [0.2, 0.25) is 0 Å². The number of para-hydroxylation sites is 2. The lowest BCUT2D eigenvalue weighted by Crippen LogP contribution is -1.94. The van der Waals surface area contributed by atoms with Crippen molar-refractivity contribution in [1.29, 1.82) is 0 Å². The molecule has 0 aliphatic heterocycles. The molecule has 0 spiro atoms. The molecule has 0 saturated heterocycles. The number of hydrogen-bond acceptors (Lipinski definition) is 0. The van der Waals surface area contributed by atoms with Crippen LogP contribution in [0.25, 0.3) is 144 Å². The Labute approximate surface area is 466 Å². The molecular weight excluding hydrogens is 965 g/mol. The second-order valence-electron chi connectivity index (χ2n) is 20.9. The van der Waals surface area contributed by atoms with Gasteiger partial charge in [-0.3, -0.25) is 0 Å². The number of fused-ring (bicyclic) bond motifs is 6. The van der Waals surface area contributed by atoms with Crippen molar-refractivity contribution in [3.63, 3.8) is 0 Å². The SMILES string of the molecule is c1ccc(-c2ccc(-n3c4ccccc4c4cc(-c5ccc6c(c5)c5ccccc5n6-c5ccc(-c6ccc(-c7cccc(-c8cccc(-c9ccc(-c%10cccc(-c%11ccccc%11)c%10)cc9)c8)c7)cc6)cc5)ccc43)cc2)cc1. The second kappa shape index (κ2) is 19.8. The molecule has 0 unspecified atom stereocenters. The van der Waals surface area contributed by atoms with Gasteiger partial charge in [0.1, 0.15) is 0 Å². The van der Waals surface area contributed by atoms with Crippen molar-refractivity contribution in [2.75, 3.05) is 0 Å². The smallest absolute Gasteiger partial charge is 0.0541 e. The van der Waals surface area contributed by atoms with Crippen molar-refractivity contribution in [2.45, 2.75) is 0 Å². The number of nitrogens with zero attached hydrogens (tertiary/aromatic N) is 2. The van der Waals surface area contributed by atoms with Gasteiger partial charge in [0.15, 0.2) is 0 Å². The first-order chi connectivity index (χ1) is 39.6. The molecule has 13 aromatic carbocycles. The number of rotatable bonds is 10. The van der Waals surface area contributed by atoms with E-state index in [-0.39, 0.29) is 0 Å². The van der Waals surface area contributed by atoms with Gasteiger partial charge < -0.3 is 9.13 Å². The molecule has 0 aliphatic carbocycles. The first-order valence-electron chi connectivity index (χ1n) is 27.5. The average molecular weight is 1020 g/mol. The van der Waals surface area contributed by atoms with Crippen molar-refractivity contribution in [1.82, 2.24) is 9.13 Å². The number of aromatic nitrogens is 2. The molecule has 80 heavy (non-hydrogen) atoms. The van der Waals surface area contributed by atoms with Crippen LogP contribution in [0.1, 0.15) is 0 Å². The average Bonchev–Trinajstić information content (AvgIpc) is 4.29. The summed E-state index contributed by atoms with van der Waals surface area (Å²) in [4.78, 5) is 0. The molecule has 0 saturated carbocycles. The van der Waals surface area contributed by atoms with Crippen molar-refractivity contribution in [3.05, 3.63) is 315 Å². The predicted molar refractivity (Wildman–Crippen MR) is 339 cm³/mol. The molecule has 15 rings (SSSR count).